The molecule has 0 bridgehead atoms. The van der Waals surface area contributed by atoms with Crippen molar-refractivity contribution < 1.29 is 28.6 Å². The lowest BCUT2D eigenvalue weighted by Crippen LogP contribution is -2.55. The minimum Gasteiger partial charge on any atom is -0.408 e. The molecule has 2 aliphatic rings. The number of ketones is 1. The minimum absolute atomic E-state index is 0.104. The molecule has 28 heavy (non-hydrogen) atoms. The van der Waals surface area contributed by atoms with Gasteiger partial charge in [0.2, 0.25) is 0 Å². The molecule has 0 amide bonds. The quantitative estimate of drug-likeness (QED) is 0.383. The molecule has 1 saturated heterocycles. The van der Waals surface area contributed by atoms with Gasteiger partial charge in [0.15, 0.2) is 5.78 Å². The van der Waals surface area contributed by atoms with Gasteiger partial charge in [0.05, 0.1) is 11.6 Å². The van der Waals surface area contributed by atoms with Crippen LogP contribution in [0.1, 0.15) is 54.6 Å². The van der Waals surface area contributed by atoms with E-state index in [1.165, 1.54) is 7.11 Å². The van der Waals surface area contributed by atoms with Crippen molar-refractivity contribution in [1.29, 1.82) is 0 Å². The van der Waals surface area contributed by atoms with Gasteiger partial charge >= 0.3 is 17.7 Å². The van der Waals surface area contributed by atoms with E-state index in [2.05, 4.69) is 18.7 Å². The summed E-state index contributed by atoms with van der Waals surface area (Å²) in [6.07, 6.45) is 3.18. The molecule has 1 aromatic rings. The second-order valence-electron chi connectivity index (χ2n) is 7.23. The lowest BCUT2D eigenvalue weighted by atomic mass is 9.78. The number of hydrogen-bond acceptors (Lipinski definition) is 7. The van der Waals surface area contributed by atoms with E-state index >= 15 is 0 Å². The van der Waals surface area contributed by atoms with Crippen LogP contribution in [0.15, 0.2) is 18.2 Å². The van der Waals surface area contributed by atoms with Gasteiger partial charge in [-0.1, -0.05) is 32.0 Å². The predicted octanol–water partition coefficient (Wildman–Crippen LogP) is 2.21. The first-order valence-corrected chi connectivity index (χ1v) is 9.83. The van der Waals surface area contributed by atoms with E-state index in [1.807, 2.05) is 6.07 Å². The van der Waals surface area contributed by atoms with Crippen LogP contribution < -0.4 is 0 Å². The summed E-state index contributed by atoms with van der Waals surface area (Å²) >= 11 is 0. The minimum atomic E-state index is -1.59. The smallest absolute Gasteiger partial charge is 0.408 e. The fourth-order valence-corrected chi connectivity index (χ4v) is 4.35. The van der Waals surface area contributed by atoms with Crippen LogP contribution in [0.3, 0.4) is 0 Å². The van der Waals surface area contributed by atoms with Crippen molar-refractivity contribution in [3.05, 3.63) is 34.9 Å². The van der Waals surface area contributed by atoms with Crippen molar-refractivity contribution >= 4 is 17.7 Å². The predicted molar refractivity (Wildman–Crippen MR) is 101 cm³/mol. The van der Waals surface area contributed by atoms with E-state index in [-0.39, 0.29) is 18.4 Å². The molecule has 1 aromatic carbocycles. The van der Waals surface area contributed by atoms with Gasteiger partial charge in [0.25, 0.3) is 0 Å². The molecule has 152 valence electrons. The average molecular weight is 389 g/mol. The number of fused-ring (bicyclic) bond motifs is 2. The summed E-state index contributed by atoms with van der Waals surface area (Å²) < 4.78 is 16.3. The Labute approximate surface area is 164 Å². The van der Waals surface area contributed by atoms with Crippen LogP contribution in [0.5, 0.6) is 0 Å². The van der Waals surface area contributed by atoms with Crippen LogP contribution in [0, 0.1) is 0 Å². The number of carbonyl (C=O) groups excluding carboxylic acids is 3. The molecule has 0 aromatic heterocycles. The number of methoxy groups -OCH3 is 1. The molecule has 3 rings (SSSR count). The zero-order valence-corrected chi connectivity index (χ0v) is 16.7. The van der Waals surface area contributed by atoms with Crippen LogP contribution in [-0.4, -0.2) is 55.5 Å². The first-order valence-electron chi connectivity index (χ1n) is 9.83. The van der Waals surface area contributed by atoms with Crippen LogP contribution in [0.25, 0.3) is 0 Å². The number of nitrogens with zero attached hydrogens (tertiary/aromatic N) is 1. The molecule has 1 spiro atoms. The summed E-state index contributed by atoms with van der Waals surface area (Å²) in [5.74, 6) is -3.86. The zero-order chi connectivity index (χ0) is 20.3. The maximum atomic E-state index is 12.7. The molecule has 1 atom stereocenters. The summed E-state index contributed by atoms with van der Waals surface area (Å²) in [6, 6.07) is 5.02. The number of esters is 2. The first-order chi connectivity index (χ1) is 13.5. The summed E-state index contributed by atoms with van der Waals surface area (Å²) in [7, 11) is 1.45. The summed E-state index contributed by atoms with van der Waals surface area (Å²) in [5.41, 5.74) is 1.72. The summed E-state index contributed by atoms with van der Waals surface area (Å²) in [4.78, 5) is 39.2. The first kappa shape index (κ1) is 20.5. The number of aryl methyl sites for hydroxylation is 1. The van der Waals surface area contributed by atoms with Crippen LogP contribution in [0.2, 0.25) is 0 Å². The normalized spacial score (nSPS) is 20.2. The lowest BCUT2D eigenvalue weighted by molar-refractivity contribution is -0.218. The molecule has 7 heteroatoms. The van der Waals surface area contributed by atoms with E-state index in [9.17, 15) is 14.4 Å². The molecule has 1 fully saturated rings. The highest BCUT2D eigenvalue weighted by molar-refractivity contribution is 6.31. The summed E-state index contributed by atoms with van der Waals surface area (Å²) in [6.45, 7) is 5.60. The fourth-order valence-electron chi connectivity index (χ4n) is 4.35. The van der Waals surface area contributed by atoms with Crippen molar-refractivity contribution in [1.82, 2.24) is 4.90 Å². The Morgan fingerprint density at radius 1 is 1.18 bits per heavy atom. The standard InChI is InChI=1S/C21H27NO6/c1-4-11-22(12-5-2)17-10-9-14-7-6-8-15(16(23)13-26-3)18(14)21(17)27-19(24)20(25)28-21/h6-8,17H,4-5,9-13H2,1-3H3. The van der Waals surface area contributed by atoms with Gasteiger partial charge in [0, 0.05) is 12.7 Å². The van der Waals surface area contributed by atoms with E-state index in [4.69, 9.17) is 14.2 Å². The largest absolute Gasteiger partial charge is 0.421 e. The molecule has 1 aliphatic carbocycles. The highest BCUT2D eigenvalue weighted by Crippen LogP contribution is 2.47. The third-order valence-corrected chi connectivity index (χ3v) is 5.32. The van der Waals surface area contributed by atoms with Gasteiger partial charge < -0.3 is 14.2 Å². The van der Waals surface area contributed by atoms with Crippen LogP contribution in [0.4, 0.5) is 0 Å². The maximum Gasteiger partial charge on any atom is 0.421 e. The number of Topliss-reactive ketones (excluding diaryl/α,β-unsaturated/α-hetero) is 1. The molecule has 0 N–H and O–H groups in total. The van der Waals surface area contributed by atoms with E-state index in [1.54, 1.807) is 12.1 Å². The number of benzene rings is 1. The van der Waals surface area contributed by atoms with Crippen molar-refractivity contribution in [2.75, 3.05) is 26.8 Å². The van der Waals surface area contributed by atoms with Gasteiger partial charge in [-0.15, -0.1) is 0 Å². The number of ether oxygens (including phenoxy) is 3. The Hall–Kier alpha value is -2.25. The second kappa shape index (κ2) is 8.41. The SMILES string of the molecule is CCCN(CCC)C1CCc2cccc(C(=O)COC)c2C12OC(=O)C(=O)O2. The summed E-state index contributed by atoms with van der Waals surface area (Å²) in [5, 5.41) is 0. The van der Waals surface area contributed by atoms with Crippen LogP contribution in [-0.2, 0) is 36.0 Å². The fraction of sp³-hybridized carbons (Fsp3) is 0.571. The van der Waals surface area contributed by atoms with Crippen molar-refractivity contribution in [3.8, 4) is 0 Å². The third-order valence-electron chi connectivity index (χ3n) is 5.32. The lowest BCUT2D eigenvalue weighted by Gasteiger charge is -2.45. The van der Waals surface area contributed by atoms with Crippen LogP contribution >= 0.6 is 0 Å². The number of hydrogen-bond donors (Lipinski definition) is 0. The second-order valence-corrected chi connectivity index (χ2v) is 7.23. The van der Waals surface area contributed by atoms with Gasteiger partial charge in [-0.2, -0.15) is 0 Å². The molecule has 0 radical (unpaired) electrons. The molecular weight excluding hydrogens is 362 g/mol. The van der Waals surface area contributed by atoms with Gasteiger partial charge in [-0.05, 0) is 44.3 Å². The Kier molecular flexibility index (Phi) is 6.15. The van der Waals surface area contributed by atoms with E-state index < -0.39 is 17.7 Å². The third kappa shape index (κ3) is 3.44. The molecule has 7 nitrogen and oxygen atoms in total. The Bertz CT molecular complexity index is 752. The topological polar surface area (TPSA) is 82.1 Å². The number of carbonyl (C=O) groups is 3. The van der Waals surface area contributed by atoms with E-state index in [0.717, 1.165) is 31.5 Å². The van der Waals surface area contributed by atoms with Gasteiger partial charge in [-0.3, -0.25) is 9.69 Å². The zero-order valence-electron chi connectivity index (χ0n) is 16.7. The van der Waals surface area contributed by atoms with E-state index in [0.29, 0.717) is 24.0 Å². The maximum absolute atomic E-state index is 12.7. The monoisotopic (exact) mass is 389 g/mol. The molecular formula is C21H27NO6. The van der Waals surface area contributed by atoms with Gasteiger partial charge in [0.1, 0.15) is 6.61 Å². The molecule has 1 heterocycles. The molecule has 0 saturated carbocycles. The van der Waals surface area contributed by atoms with Gasteiger partial charge in [-0.25, -0.2) is 9.59 Å². The average Bonchev–Trinajstić information content (AvgIpc) is 2.96. The highest BCUT2D eigenvalue weighted by atomic mass is 16.8. The van der Waals surface area contributed by atoms with Crippen molar-refractivity contribution in [2.24, 2.45) is 0 Å². The molecule has 1 aliphatic heterocycles. The Morgan fingerprint density at radius 2 is 1.82 bits per heavy atom. The molecule has 1 unspecified atom stereocenters. The Morgan fingerprint density at radius 3 is 2.39 bits per heavy atom. The van der Waals surface area contributed by atoms with Crippen molar-refractivity contribution in [3.63, 3.8) is 0 Å². The number of rotatable bonds is 8. The Balaban J connectivity index is 2.17. The highest BCUT2D eigenvalue weighted by Gasteiger charge is 2.60. The van der Waals surface area contributed by atoms with Crippen molar-refractivity contribution in [2.45, 2.75) is 51.4 Å².